The summed E-state index contributed by atoms with van der Waals surface area (Å²) in [5, 5.41) is 10.4. The zero-order chi connectivity index (χ0) is 23.0. The van der Waals surface area contributed by atoms with Gasteiger partial charge < -0.3 is 9.67 Å². The van der Waals surface area contributed by atoms with Crippen LogP contribution in [0.1, 0.15) is 43.4 Å². The molecule has 0 bridgehead atoms. The lowest BCUT2D eigenvalue weighted by Gasteiger charge is -2.20. The highest BCUT2D eigenvalue weighted by Crippen LogP contribution is 2.25. The summed E-state index contributed by atoms with van der Waals surface area (Å²) in [5.74, 6) is -1.05. The summed E-state index contributed by atoms with van der Waals surface area (Å²) in [6.07, 6.45) is 4.26. The average molecular weight is 434 g/mol. The summed E-state index contributed by atoms with van der Waals surface area (Å²) in [6, 6.07) is 8.72. The van der Waals surface area contributed by atoms with Crippen molar-refractivity contribution < 1.29 is 9.90 Å². The van der Waals surface area contributed by atoms with Crippen LogP contribution in [0.2, 0.25) is 0 Å². The van der Waals surface area contributed by atoms with Crippen LogP contribution in [-0.2, 0) is 18.4 Å². The Bertz CT molecular complexity index is 1440. The maximum atomic E-state index is 13.6. The van der Waals surface area contributed by atoms with Crippen LogP contribution in [0.4, 0.5) is 0 Å². The van der Waals surface area contributed by atoms with Gasteiger partial charge in [0.15, 0.2) is 5.52 Å². The third-order valence-electron chi connectivity index (χ3n) is 5.96. The van der Waals surface area contributed by atoms with Gasteiger partial charge in [0.1, 0.15) is 0 Å². The van der Waals surface area contributed by atoms with E-state index in [4.69, 9.17) is 0 Å². The maximum Gasteiger partial charge on any atom is 0.332 e. The number of pyridine rings is 1. The van der Waals surface area contributed by atoms with Gasteiger partial charge in [-0.3, -0.25) is 18.7 Å². The Morgan fingerprint density at radius 2 is 1.91 bits per heavy atom. The Morgan fingerprint density at radius 3 is 2.62 bits per heavy atom. The van der Waals surface area contributed by atoms with Crippen molar-refractivity contribution in [1.82, 2.24) is 18.7 Å². The second-order valence-electron chi connectivity index (χ2n) is 8.19. The SMILES string of the molecule is CCCC(CC(=O)O)n1c(=O)c2ncccc2n(Cc2cn(C)c3cccc(C)c23)c1=O. The molecule has 3 aromatic heterocycles. The molecule has 1 atom stereocenters. The van der Waals surface area contributed by atoms with Crippen molar-refractivity contribution in [1.29, 1.82) is 0 Å². The number of aromatic nitrogens is 4. The van der Waals surface area contributed by atoms with Crippen LogP contribution < -0.4 is 11.2 Å². The molecule has 1 unspecified atom stereocenters. The highest BCUT2D eigenvalue weighted by atomic mass is 16.4. The van der Waals surface area contributed by atoms with E-state index in [-0.39, 0.29) is 18.5 Å². The molecule has 0 saturated carbocycles. The van der Waals surface area contributed by atoms with Crippen molar-refractivity contribution in [3.05, 3.63) is 74.7 Å². The number of carboxylic acid groups (broad SMARTS) is 1. The van der Waals surface area contributed by atoms with Gasteiger partial charge in [0, 0.05) is 30.3 Å². The predicted octanol–water partition coefficient (Wildman–Crippen LogP) is 3.22. The fourth-order valence-corrected chi connectivity index (χ4v) is 4.57. The smallest absolute Gasteiger partial charge is 0.332 e. The number of rotatable bonds is 7. The minimum atomic E-state index is -1.05. The van der Waals surface area contributed by atoms with Gasteiger partial charge in [0.05, 0.1) is 24.5 Å². The van der Waals surface area contributed by atoms with E-state index >= 15 is 0 Å². The number of carbonyl (C=O) groups is 1. The first-order valence-corrected chi connectivity index (χ1v) is 10.7. The van der Waals surface area contributed by atoms with Crippen LogP contribution in [0.15, 0.2) is 52.3 Å². The third kappa shape index (κ3) is 3.62. The Balaban J connectivity index is 1.99. The number of hydrogen-bond donors (Lipinski definition) is 1. The summed E-state index contributed by atoms with van der Waals surface area (Å²) in [4.78, 5) is 42.6. The first-order chi connectivity index (χ1) is 15.3. The average Bonchev–Trinajstić information content (AvgIpc) is 3.07. The molecule has 0 amide bonds. The Hall–Kier alpha value is -3.68. The molecule has 0 aliphatic heterocycles. The molecular weight excluding hydrogens is 408 g/mol. The Labute approximate surface area is 184 Å². The molecular formula is C24H26N4O4. The Morgan fingerprint density at radius 1 is 1.16 bits per heavy atom. The van der Waals surface area contributed by atoms with Gasteiger partial charge in [-0.1, -0.05) is 25.5 Å². The molecule has 0 aliphatic rings. The summed E-state index contributed by atoms with van der Waals surface area (Å²) >= 11 is 0. The van der Waals surface area contributed by atoms with Crippen LogP contribution in [0.3, 0.4) is 0 Å². The normalized spacial score (nSPS) is 12.5. The fraction of sp³-hybridized carbons (Fsp3) is 0.333. The fourth-order valence-electron chi connectivity index (χ4n) is 4.57. The van der Waals surface area contributed by atoms with E-state index in [9.17, 15) is 19.5 Å². The van der Waals surface area contributed by atoms with Gasteiger partial charge in [-0.05, 0) is 42.7 Å². The summed E-state index contributed by atoms with van der Waals surface area (Å²) in [5.41, 5.74) is 2.64. The second kappa shape index (κ2) is 8.45. The molecule has 1 aromatic carbocycles. The van der Waals surface area contributed by atoms with Crippen LogP contribution in [-0.4, -0.2) is 29.8 Å². The first-order valence-electron chi connectivity index (χ1n) is 10.7. The van der Waals surface area contributed by atoms with Gasteiger partial charge in [0.2, 0.25) is 0 Å². The van der Waals surface area contributed by atoms with Gasteiger partial charge in [-0.25, -0.2) is 9.78 Å². The van der Waals surface area contributed by atoms with E-state index < -0.39 is 23.3 Å². The monoisotopic (exact) mass is 434 g/mol. The minimum absolute atomic E-state index is 0.163. The van der Waals surface area contributed by atoms with Crippen molar-refractivity contribution >= 4 is 27.9 Å². The molecule has 0 radical (unpaired) electrons. The highest BCUT2D eigenvalue weighted by molar-refractivity contribution is 5.87. The predicted molar refractivity (Wildman–Crippen MR) is 123 cm³/mol. The van der Waals surface area contributed by atoms with Crippen LogP contribution >= 0.6 is 0 Å². The topological polar surface area (TPSA) is 99.1 Å². The van der Waals surface area contributed by atoms with Gasteiger partial charge in [-0.15, -0.1) is 0 Å². The number of fused-ring (bicyclic) bond motifs is 2. The van der Waals surface area contributed by atoms with E-state index in [1.165, 1.54) is 10.8 Å². The van der Waals surface area contributed by atoms with Crippen molar-refractivity contribution in [3.8, 4) is 0 Å². The molecule has 0 spiro atoms. The molecule has 4 aromatic rings. The van der Waals surface area contributed by atoms with Crippen LogP contribution in [0.25, 0.3) is 21.9 Å². The van der Waals surface area contributed by atoms with Crippen LogP contribution in [0.5, 0.6) is 0 Å². The molecule has 0 aliphatic carbocycles. The van der Waals surface area contributed by atoms with E-state index in [1.807, 2.05) is 49.9 Å². The molecule has 4 rings (SSSR count). The molecule has 8 heteroatoms. The molecule has 0 saturated heterocycles. The summed E-state index contributed by atoms with van der Waals surface area (Å²) in [6.45, 7) is 4.17. The van der Waals surface area contributed by atoms with E-state index in [0.717, 1.165) is 26.6 Å². The van der Waals surface area contributed by atoms with Gasteiger partial charge >= 0.3 is 11.7 Å². The Kier molecular flexibility index (Phi) is 5.69. The molecule has 0 fully saturated rings. The van der Waals surface area contributed by atoms with E-state index in [2.05, 4.69) is 4.98 Å². The molecule has 1 N–H and O–H groups in total. The number of benzene rings is 1. The first kappa shape index (κ1) is 21.5. The van der Waals surface area contributed by atoms with E-state index in [1.54, 1.807) is 12.1 Å². The minimum Gasteiger partial charge on any atom is -0.481 e. The highest BCUT2D eigenvalue weighted by Gasteiger charge is 2.23. The van der Waals surface area contributed by atoms with Crippen molar-refractivity contribution in [3.63, 3.8) is 0 Å². The lowest BCUT2D eigenvalue weighted by atomic mass is 10.1. The summed E-state index contributed by atoms with van der Waals surface area (Å²) in [7, 11) is 1.96. The summed E-state index contributed by atoms with van der Waals surface area (Å²) < 4.78 is 4.64. The molecule has 3 heterocycles. The van der Waals surface area contributed by atoms with Crippen molar-refractivity contribution in [2.45, 2.75) is 45.7 Å². The second-order valence-corrected chi connectivity index (χ2v) is 8.19. The molecule has 32 heavy (non-hydrogen) atoms. The zero-order valence-corrected chi connectivity index (χ0v) is 18.4. The van der Waals surface area contributed by atoms with Crippen molar-refractivity contribution in [2.75, 3.05) is 0 Å². The van der Waals surface area contributed by atoms with Crippen molar-refractivity contribution in [2.24, 2.45) is 7.05 Å². The van der Waals surface area contributed by atoms with Gasteiger partial charge in [-0.2, -0.15) is 0 Å². The number of aliphatic carboxylic acids is 1. The number of hydrogen-bond acceptors (Lipinski definition) is 4. The van der Waals surface area contributed by atoms with Gasteiger partial charge in [0.25, 0.3) is 5.56 Å². The van der Waals surface area contributed by atoms with Crippen LogP contribution in [0, 0.1) is 6.92 Å². The lowest BCUT2D eigenvalue weighted by Crippen LogP contribution is -2.43. The maximum absolute atomic E-state index is 13.6. The zero-order valence-electron chi connectivity index (χ0n) is 18.4. The molecule has 166 valence electrons. The number of carboxylic acids is 1. The quantitative estimate of drug-likeness (QED) is 0.481. The van der Waals surface area contributed by atoms with E-state index in [0.29, 0.717) is 18.4 Å². The lowest BCUT2D eigenvalue weighted by molar-refractivity contribution is -0.138. The third-order valence-corrected chi connectivity index (χ3v) is 5.96. The molecule has 8 nitrogen and oxygen atoms in total. The largest absolute Gasteiger partial charge is 0.481 e. The number of aryl methyl sites for hydroxylation is 2. The number of nitrogens with zero attached hydrogens (tertiary/aromatic N) is 4. The standard InChI is InChI=1S/C24H26N4O4/c1-4-7-17(12-20(29)30)28-23(31)22-19(10-6-11-25-22)27(24(28)32)14-16-13-26(3)18-9-5-8-15(2)21(16)18/h5-6,8-11,13,17H,4,7,12,14H2,1-3H3,(H,29,30).